The van der Waals surface area contributed by atoms with E-state index >= 15 is 0 Å². The molecule has 1 aromatic heterocycles. The molecule has 0 bridgehead atoms. The number of rotatable bonds is 14. The molecular weight excluding hydrogens is 685 g/mol. The minimum Gasteiger partial charge on any atom is -0.496 e. The van der Waals surface area contributed by atoms with Crippen molar-refractivity contribution in [3.63, 3.8) is 0 Å². The third kappa shape index (κ3) is 10.5. The van der Waals surface area contributed by atoms with Crippen LogP contribution < -0.4 is 14.7 Å². The van der Waals surface area contributed by atoms with Crippen molar-refractivity contribution in [1.29, 1.82) is 0 Å². The molecule has 1 heterocycles. The van der Waals surface area contributed by atoms with E-state index in [4.69, 9.17) is 19.4 Å². The Labute approximate surface area is 300 Å². The number of hydrogen-bond donors (Lipinski definition) is 1. The van der Waals surface area contributed by atoms with Crippen LogP contribution in [-0.4, -0.2) is 66.0 Å². The molecule has 2 N–H and O–H groups in total. The third-order valence-electron chi connectivity index (χ3n) is 8.80. The van der Waals surface area contributed by atoms with Gasteiger partial charge in [0.05, 0.1) is 25.9 Å². The van der Waals surface area contributed by atoms with Crippen LogP contribution in [0.5, 0.6) is 11.6 Å². The number of hydrogen-bond acceptors (Lipinski definition) is 10. The topological polar surface area (TPSA) is 134 Å². The maximum Gasteiger partial charge on any atom is 0.401 e. The summed E-state index contributed by atoms with van der Waals surface area (Å²) in [5.41, 5.74) is 8.73. The Morgan fingerprint density at radius 2 is 1.71 bits per heavy atom. The van der Waals surface area contributed by atoms with E-state index in [1.165, 1.54) is 7.11 Å². The lowest BCUT2D eigenvalue weighted by molar-refractivity contribution is -0.164. The first-order valence-corrected chi connectivity index (χ1v) is 18.5. The van der Waals surface area contributed by atoms with Gasteiger partial charge in [-0.25, -0.2) is 4.98 Å². The number of methoxy groups -OCH3 is 1. The van der Waals surface area contributed by atoms with Gasteiger partial charge >= 0.3 is 22.3 Å². The summed E-state index contributed by atoms with van der Waals surface area (Å²) < 4.78 is 85.0. The van der Waals surface area contributed by atoms with Crippen LogP contribution in [0.4, 0.5) is 19.1 Å². The van der Waals surface area contributed by atoms with Crippen LogP contribution in [0.1, 0.15) is 91.1 Å². The summed E-state index contributed by atoms with van der Waals surface area (Å²) in [5, 5.41) is 0. The first kappa shape index (κ1) is 41.8. The largest absolute Gasteiger partial charge is 0.496 e. The number of benzene rings is 1. The number of allylic oxidation sites excluding steroid dienone is 3. The van der Waals surface area contributed by atoms with Gasteiger partial charge < -0.3 is 19.4 Å². The second-order valence-electron chi connectivity index (χ2n) is 15.0. The molecule has 3 rings (SSSR count). The summed E-state index contributed by atoms with van der Waals surface area (Å²) >= 11 is 0. The Kier molecular flexibility index (Phi) is 13.0. The molecule has 1 aliphatic rings. The van der Waals surface area contributed by atoms with Crippen molar-refractivity contribution >= 4 is 22.0 Å². The normalized spacial score (nSPS) is 17.2. The standard InChI is InChI=1S/C37H53F3N4O6S/c1-22(2)27-14-15-36(24(5)6,30(18-27)23(3)4)51(46,47)50-33-29(25(7)42-34(41)43-33)17-28-13-12-26(16-31(28)48-11)19-44(21-37(38,39)40)20-32(45)49-35(8,9)10/h12-14,16,18,22-24H,15,17,19-21H2,1-11H3,(H2,41,42,43). The Bertz CT molecular complexity index is 1750. The van der Waals surface area contributed by atoms with Gasteiger partial charge in [-0.1, -0.05) is 65.8 Å². The van der Waals surface area contributed by atoms with E-state index in [9.17, 15) is 26.4 Å². The average molecular weight is 739 g/mol. The highest BCUT2D eigenvalue weighted by Crippen LogP contribution is 2.47. The molecule has 0 amide bonds. The molecule has 14 heteroatoms. The molecule has 0 spiro atoms. The fourth-order valence-electron chi connectivity index (χ4n) is 6.41. The zero-order valence-electron chi connectivity index (χ0n) is 31.6. The molecule has 0 saturated carbocycles. The average Bonchev–Trinajstić information content (AvgIpc) is 2.96. The van der Waals surface area contributed by atoms with E-state index in [0.717, 1.165) is 16.0 Å². The van der Waals surface area contributed by atoms with Gasteiger partial charge in [0.15, 0.2) is 0 Å². The van der Waals surface area contributed by atoms with Crippen LogP contribution in [0, 0.1) is 24.7 Å². The van der Waals surface area contributed by atoms with E-state index in [2.05, 4.69) is 23.8 Å². The maximum absolute atomic E-state index is 14.5. The second-order valence-corrected chi connectivity index (χ2v) is 16.8. The van der Waals surface area contributed by atoms with Crippen LogP contribution in [0.3, 0.4) is 0 Å². The van der Waals surface area contributed by atoms with Crippen molar-refractivity contribution in [3.8, 4) is 11.6 Å². The van der Waals surface area contributed by atoms with Crippen LogP contribution in [0.25, 0.3) is 0 Å². The predicted molar refractivity (Wildman–Crippen MR) is 192 cm³/mol. The van der Waals surface area contributed by atoms with Gasteiger partial charge in [-0.3, -0.25) is 9.69 Å². The lowest BCUT2D eigenvalue weighted by Gasteiger charge is -2.41. The maximum atomic E-state index is 14.5. The number of aryl methyl sites for hydroxylation is 1. The number of ether oxygens (including phenoxy) is 2. The molecule has 1 aromatic carbocycles. The summed E-state index contributed by atoms with van der Waals surface area (Å²) in [4.78, 5) is 21.9. The molecule has 0 radical (unpaired) electrons. The second kappa shape index (κ2) is 15.9. The molecule has 1 unspecified atom stereocenters. The Morgan fingerprint density at radius 1 is 1.06 bits per heavy atom. The summed E-state index contributed by atoms with van der Waals surface area (Å²) in [5.74, 6) is -1.07. The van der Waals surface area contributed by atoms with Crippen LogP contribution >= 0.6 is 0 Å². The van der Waals surface area contributed by atoms with Crippen molar-refractivity contribution in [2.24, 2.45) is 17.8 Å². The number of aromatic nitrogens is 2. The van der Waals surface area contributed by atoms with Gasteiger partial charge in [-0.05, 0) is 80.2 Å². The highest BCUT2D eigenvalue weighted by molar-refractivity contribution is 7.88. The summed E-state index contributed by atoms with van der Waals surface area (Å²) in [6.45, 7) is 16.3. The molecule has 1 atom stereocenters. The third-order valence-corrected chi connectivity index (χ3v) is 10.9. The molecule has 0 aliphatic heterocycles. The fraction of sp³-hybridized carbons (Fsp3) is 0.595. The number of alkyl halides is 3. The lowest BCUT2D eigenvalue weighted by atomic mass is 9.74. The zero-order valence-corrected chi connectivity index (χ0v) is 32.4. The van der Waals surface area contributed by atoms with E-state index in [1.807, 2.05) is 39.8 Å². The monoisotopic (exact) mass is 738 g/mol. The van der Waals surface area contributed by atoms with Crippen molar-refractivity contribution in [2.75, 3.05) is 25.9 Å². The van der Waals surface area contributed by atoms with Crippen molar-refractivity contribution < 1.29 is 40.0 Å². The highest BCUT2D eigenvalue weighted by atomic mass is 32.2. The predicted octanol–water partition coefficient (Wildman–Crippen LogP) is 7.34. The smallest absolute Gasteiger partial charge is 0.401 e. The van der Waals surface area contributed by atoms with Crippen molar-refractivity contribution in [3.05, 3.63) is 63.9 Å². The lowest BCUT2D eigenvalue weighted by Crippen LogP contribution is -2.50. The molecule has 0 saturated heterocycles. The molecule has 1 aliphatic carbocycles. The number of carbonyl (C=O) groups excluding carboxylic acids is 1. The van der Waals surface area contributed by atoms with E-state index in [-0.39, 0.29) is 49.0 Å². The van der Waals surface area contributed by atoms with Gasteiger partial charge in [0.2, 0.25) is 11.8 Å². The number of halogens is 3. The fourth-order valence-corrected chi connectivity index (χ4v) is 8.35. The van der Waals surface area contributed by atoms with Gasteiger partial charge in [0, 0.05) is 18.5 Å². The molecule has 284 valence electrons. The molecule has 51 heavy (non-hydrogen) atoms. The molecule has 10 nitrogen and oxygen atoms in total. The SMILES string of the molecule is COc1cc(CN(CC(=O)OC(C)(C)C)CC(F)(F)F)ccc1Cc1c(C)nc(N)nc1OS(=O)(=O)C1(C(C)C)CC=C(C(C)C)C=C1C(C)C. The number of esters is 1. The molecule has 0 fully saturated rings. The number of carbonyl (C=O) groups is 1. The van der Waals surface area contributed by atoms with Gasteiger partial charge in [0.25, 0.3) is 0 Å². The first-order valence-electron chi connectivity index (χ1n) is 17.0. The van der Waals surface area contributed by atoms with E-state index in [1.54, 1.807) is 45.9 Å². The summed E-state index contributed by atoms with van der Waals surface area (Å²) in [6.07, 6.45) is -0.318. The molecular formula is C37H53F3N4O6S. The van der Waals surface area contributed by atoms with Gasteiger partial charge in [0.1, 0.15) is 16.1 Å². The van der Waals surface area contributed by atoms with Crippen molar-refractivity contribution in [2.45, 2.75) is 105 Å². The molecule has 2 aromatic rings. The van der Waals surface area contributed by atoms with Gasteiger partial charge in [-0.2, -0.15) is 26.6 Å². The number of nitrogens with zero attached hydrogens (tertiary/aromatic N) is 3. The Hall–Kier alpha value is -3.65. The highest BCUT2D eigenvalue weighted by Gasteiger charge is 2.53. The Morgan fingerprint density at radius 3 is 2.24 bits per heavy atom. The number of anilines is 1. The summed E-state index contributed by atoms with van der Waals surface area (Å²) in [7, 11) is -2.97. The Balaban J connectivity index is 2.01. The van der Waals surface area contributed by atoms with Crippen molar-refractivity contribution in [1.82, 2.24) is 14.9 Å². The van der Waals surface area contributed by atoms with E-state index in [0.29, 0.717) is 28.1 Å². The minimum atomic E-state index is -4.56. The summed E-state index contributed by atoms with van der Waals surface area (Å²) in [6, 6.07) is 4.86. The van der Waals surface area contributed by atoms with Gasteiger partial charge in [-0.15, -0.1) is 0 Å². The zero-order chi connectivity index (χ0) is 38.7. The minimum absolute atomic E-state index is 0.0591. The quantitative estimate of drug-likeness (QED) is 0.155. The first-order chi connectivity index (χ1) is 23.4. The number of nitrogen functional groups attached to an aromatic ring is 1. The number of nitrogens with two attached hydrogens (primary N) is 1. The van der Waals surface area contributed by atoms with Crippen LogP contribution in [0.2, 0.25) is 0 Å². The van der Waals surface area contributed by atoms with Crippen LogP contribution in [-0.2, 0) is 32.6 Å². The van der Waals surface area contributed by atoms with E-state index < -0.39 is 45.7 Å². The van der Waals surface area contributed by atoms with Crippen LogP contribution in [0.15, 0.2) is 41.5 Å².